The normalized spacial score (nSPS) is 14.6. The van der Waals surface area contributed by atoms with E-state index in [2.05, 4.69) is 31.9 Å². The highest BCUT2D eigenvalue weighted by atomic mass is 79.9. The monoisotopic (exact) mass is 615 g/mol. The van der Waals surface area contributed by atoms with Gasteiger partial charge in [-0.25, -0.2) is 0 Å². The SMILES string of the molecule is CCOc1cc(/C=C2\SC(=O)N(Cc3ccccc3C)C2=O)c(Br)c(Br)c1OCc1ccccc1. The molecule has 0 saturated carbocycles. The first-order valence-electron chi connectivity index (χ1n) is 11.0. The highest BCUT2D eigenvalue weighted by Gasteiger charge is 2.35. The Morgan fingerprint density at radius 1 is 0.971 bits per heavy atom. The number of rotatable bonds is 8. The number of nitrogens with zero attached hydrogens (tertiary/aromatic N) is 1. The Kier molecular flexibility index (Phi) is 8.36. The molecule has 35 heavy (non-hydrogen) atoms. The summed E-state index contributed by atoms with van der Waals surface area (Å²) in [6.07, 6.45) is 1.71. The van der Waals surface area contributed by atoms with Crippen molar-refractivity contribution in [2.45, 2.75) is 27.0 Å². The molecular formula is C27H23Br2NO4S. The molecule has 180 valence electrons. The van der Waals surface area contributed by atoms with Crippen LogP contribution in [0.1, 0.15) is 29.2 Å². The number of hydrogen-bond acceptors (Lipinski definition) is 5. The van der Waals surface area contributed by atoms with Gasteiger partial charge in [0.1, 0.15) is 6.61 Å². The van der Waals surface area contributed by atoms with Gasteiger partial charge in [0, 0.05) is 4.47 Å². The van der Waals surface area contributed by atoms with Gasteiger partial charge in [-0.15, -0.1) is 0 Å². The van der Waals surface area contributed by atoms with Crippen molar-refractivity contribution in [2.75, 3.05) is 6.61 Å². The van der Waals surface area contributed by atoms with E-state index in [1.165, 1.54) is 4.90 Å². The molecule has 0 atom stereocenters. The van der Waals surface area contributed by atoms with E-state index < -0.39 is 0 Å². The molecule has 3 aromatic rings. The maximum Gasteiger partial charge on any atom is 0.293 e. The molecule has 0 aromatic heterocycles. The van der Waals surface area contributed by atoms with E-state index in [9.17, 15) is 9.59 Å². The first-order chi connectivity index (χ1) is 16.9. The number of carbonyl (C=O) groups is 2. The van der Waals surface area contributed by atoms with Crippen molar-refractivity contribution in [1.82, 2.24) is 4.90 Å². The van der Waals surface area contributed by atoms with Gasteiger partial charge in [-0.05, 0) is 91.9 Å². The maximum atomic E-state index is 13.1. The summed E-state index contributed by atoms with van der Waals surface area (Å²) in [4.78, 5) is 27.4. The number of halogens is 2. The Morgan fingerprint density at radius 3 is 2.40 bits per heavy atom. The van der Waals surface area contributed by atoms with Crippen LogP contribution >= 0.6 is 43.6 Å². The highest BCUT2D eigenvalue weighted by Crippen LogP contribution is 2.45. The minimum Gasteiger partial charge on any atom is -0.490 e. The van der Waals surface area contributed by atoms with Gasteiger partial charge < -0.3 is 9.47 Å². The lowest BCUT2D eigenvalue weighted by molar-refractivity contribution is -0.123. The lowest BCUT2D eigenvalue weighted by Crippen LogP contribution is -2.27. The largest absolute Gasteiger partial charge is 0.490 e. The molecule has 4 rings (SSSR count). The van der Waals surface area contributed by atoms with E-state index in [1.807, 2.05) is 74.5 Å². The van der Waals surface area contributed by atoms with E-state index in [0.29, 0.717) is 44.1 Å². The Morgan fingerprint density at radius 2 is 1.69 bits per heavy atom. The summed E-state index contributed by atoms with van der Waals surface area (Å²) in [6, 6.07) is 19.4. The van der Waals surface area contributed by atoms with Crippen LogP contribution in [0, 0.1) is 6.92 Å². The Balaban J connectivity index is 1.61. The third-order valence-corrected chi connectivity index (χ3v) is 8.48. The van der Waals surface area contributed by atoms with Crippen LogP contribution in [0.25, 0.3) is 6.08 Å². The minimum absolute atomic E-state index is 0.246. The van der Waals surface area contributed by atoms with Crippen molar-refractivity contribution in [2.24, 2.45) is 0 Å². The first kappa shape index (κ1) is 25.5. The van der Waals surface area contributed by atoms with Gasteiger partial charge in [-0.3, -0.25) is 14.5 Å². The number of carbonyl (C=O) groups excluding carboxylic acids is 2. The summed E-state index contributed by atoms with van der Waals surface area (Å²) in [6.45, 7) is 4.93. The van der Waals surface area contributed by atoms with Gasteiger partial charge >= 0.3 is 0 Å². The number of imide groups is 1. The Hall–Kier alpha value is -2.55. The van der Waals surface area contributed by atoms with Crippen molar-refractivity contribution < 1.29 is 19.1 Å². The van der Waals surface area contributed by atoms with Crippen LogP contribution in [0.2, 0.25) is 0 Å². The number of amides is 2. The zero-order chi connectivity index (χ0) is 24.9. The van der Waals surface area contributed by atoms with Gasteiger partial charge in [0.2, 0.25) is 0 Å². The van der Waals surface area contributed by atoms with E-state index in [-0.39, 0.29) is 17.7 Å². The second-order valence-electron chi connectivity index (χ2n) is 7.82. The average molecular weight is 617 g/mol. The van der Waals surface area contributed by atoms with Gasteiger partial charge in [0.15, 0.2) is 11.5 Å². The molecule has 0 N–H and O–H groups in total. The second-order valence-corrected chi connectivity index (χ2v) is 10.4. The zero-order valence-electron chi connectivity index (χ0n) is 19.2. The van der Waals surface area contributed by atoms with Gasteiger partial charge in [-0.1, -0.05) is 54.6 Å². The standard InChI is InChI=1S/C27H23Br2NO4S/c1-3-33-21-13-20(23(28)24(29)25(21)34-16-18-10-5-4-6-11-18)14-22-26(31)30(27(32)35-22)15-19-12-8-7-9-17(19)2/h4-14H,3,15-16H2,1-2H3/b22-14-. The molecule has 2 amide bonds. The second kappa shape index (κ2) is 11.5. The van der Waals surface area contributed by atoms with Gasteiger partial charge in [0.25, 0.3) is 11.1 Å². The third-order valence-electron chi connectivity index (χ3n) is 5.43. The summed E-state index contributed by atoms with van der Waals surface area (Å²) in [5.41, 5.74) is 3.71. The van der Waals surface area contributed by atoms with Crippen molar-refractivity contribution in [1.29, 1.82) is 0 Å². The summed E-state index contributed by atoms with van der Waals surface area (Å²) in [7, 11) is 0. The van der Waals surface area contributed by atoms with Crippen LogP contribution < -0.4 is 9.47 Å². The zero-order valence-corrected chi connectivity index (χ0v) is 23.2. The number of thioether (sulfide) groups is 1. The molecule has 3 aromatic carbocycles. The van der Waals surface area contributed by atoms with Crippen LogP contribution in [-0.2, 0) is 17.9 Å². The topological polar surface area (TPSA) is 55.8 Å². The molecule has 1 aliphatic rings. The molecule has 1 heterocycles. The van der Waals surface area contributed by atoms with E-state index in [4.69, 9.17) is 9.47 Å². The minimum atomic E-state index is -0.311. The summed E-state index contributed by atoms with van der Waals surface area (Å²) >= 11 is 8.17. The summed E-state index contributed by atoms with van der Waals surface area (Å²) < 4.78 is 13.3. The Bertz CT molecular complexity index is 1290. The predicted molar refractivity (Wildman–Crippen MR) is 146 cm³/mol. The number of benzene rings is 3. The molecule has 8 heteroatoms. The van der Waals surface area contributed by atoms with E-state index >= 15 is 0 Å². The molecule has 0 spiro atoms. The fraction of sp³-hybridized carbons (Fsp3) is 0.185. The van der Waals surface area contributed by atoms with Crippen LogP contribution in [0.3, 0.4) is 0 Å². The number of hydrogen-bond donors (Lipinski definition) is 0. The van der Waals surface area contributed by atoms with Crippen molar-refractivity contribution in [3.63, 3.8) is 0 Å². The number of ether oxygens (including phenoxy) is 2. The van der Waals surface area contributed by atoms with Gasteiger partial charge in [0.05, 0.1) is 22.5 Å². The molecule has 0 bridgehead atoms. The van der Waals surface area contributed by atoms with E-state index in [1.54, 1.807) is 6.08 Å². The van der Waals surface area contributed by atoms with Crippen LogP contribution in [0.15, 0.2) is 74.5 Å². The molecule has 1 aliphatic heterocycles. The number of aryl methyl sites for hydroxylation is 1. The van der Waals surface area contributed by atoms with Crippen LogP contribution in [0.4, 0.5) is 4.79 Å². The summed E-state index contributed by atoms with van der Waals surface area (Å²) in [5.74, 6) is 0.796. The predicted octanol–water partition coefficient (Wildman–Crippen LogP) is 7.73. The third kappa shape index (κ3) is 5.82. The molecular weight excluding hydrogens is 594 g/mol. The molecule has 0 aliphatic carbocycles. The average Bonchev–Trinajstić information content (AvgIpc) is 3.11. The molecule has 5 nitrogen and oxygen atoms in total. The Labute approximate surface area is 225 Å². The van der Waals surface area contributed by atoms with Gasteiger partial charge in [-0.2, -0.15) is 0 Å². The van der Waals surface area contributed by atoms with Crippen LogP contribution in [0.5, 0.6) is 11.5 Å². The smallest absolute Gasteiger partial charge is 0.293 e. The lowest BCUT2D eigenvalue weighted by Gasteiger charge is -2.17. The molecule has 0 unspecified atom stereocenters. The fourth-order valence-electron chi connectivity index (χ4n) is 3.57. The highest BCUT2D eigenvalue weighted by molar-refractivity contribution is 9.13. The fourth-order valence-corrected chi connectivity index (χ4v) is 5.35. The first-order valence-corrected chi connectivity index (χ1v) is 13.4. The maximum absolute atomic E-state index is 13.1. The van der Waals surface area contributed by atoms with Crippen molar-refractivity contribution in [3.8, 4) is 11.5 Å². The lowest BCUT2D eigenvalue weighted by atomic mass is 10.1. The molecule has 1 saturated heterocycles. The van der Waals surface area contributed by atoms with Crippen LogP contribution in [-0.4, -0.2) is 22.7 Å². The van der Waals surface area contributed by atoms with E-state index in [0.717, 1.165) is 28.5 Å². The molecule has 1 fully saturated rings. The quantitative estimate of drug-likeness (QED) is 0.242. The van der Waals surface area contributed by atoms with Crippen molar-refractivity contribution in [3.05, 3.63) is 96.8 Å². The molecule has 0 radical (unpaired) electrons. The summed E-state index contributed by atoms with van der Waals surface area (Å²) in [5, 5.41) is -0.285. The van der Waals surface area contributed by atoms with Crippen molar-refractivity contribution >= 4 is 60.8 Å².